The minimum atomic E-state index is -1.07. The zero-order chi connectivity index (χ0) is 28.9. The largest absolute Gasteiger partial charge is 0.363 e. The van der Waals surface area contributed by atoms with Crippen molar-refractivity contribution in [2.75, 3.05) is 13.6 Å². The molecule has 3 saturated carbocycles. The fourth-order valence-corrected chi connectivity index (χ4v) is 6.83. The number of urea groups is 1. The number of nitrogens with two attached hydrogens (primary N) is 1. The predicted molar refractivity (Wildman–Crippen MR) is 146 cm³/mol. The minimum absolute atomic E-state index is 0.0621. The summed E-state index contributed by atoms with van der Waals surface area (Å²) in [7, 11) is 1.79. The van der Waals surface area contributed by atoms with E-state index in [9.17, 15) is 24.0 Å². The van der Waals surface area contributed by atoms with Crippen LogP contribution in [0.3, 0.4) is 0 Å². The van der Waals surface area contributed by atoms with E-state index in [1.807, 2.05) is 20.8 Å². The summed E-state index contributed by atoms with van der Waals surface area (Å²) in [6.45, 7) is 10.3. The number of hydrogen-bond acceptors (Lipinski definition) is 5. The third-order valence-electron chi connectivity index (χ3n) is 9.73. The van der Waals surface area contributed by atoms with Crippen molar-refractivity contribution in [2.45, 2.75) is 110 Å². The highest BCUT2D eigenvalue weighted by atomic mass is 16.2. The van der Waals surface area contributed by atoms with Crippen molar-refractivity contribution in [3.05, 3.63) is 0 Å². The van der Waals surface area contributed by atoms with Crippen LogP contribution in [-0.2, 0) is 19.2 Å². The van der Waals surface area contributed by atoms with Crippen molar-refractivity contribution in [1.82, 2.24) is 20.4 Å². The number of hydrogen-bond donors (Lipinski definition) is 3. The Balaban J connectivity index is 1.52. The first-order valence-corrected chi connectivity index (χ1v) is 14.6. The summed E-state index contributed by atoms with van der Waals surface area (Å²) in [4.78, 5) is 68.6. The van der Waals surface area contributed by atoms with Crippen LogP contribution in [0, 0.1) is 28.6 Å². The van der Waals surface area contributed by atoms with Crippen molar-refractivity contribution < 1.29 is 24.0 Å². The molecule has 1 heterocycles. The molecule has 0 aromatic heterocycles. The van der Waals surface area contributed by atoms with Gasteiger partial charge in [-0.1, -0.05) is 66.7 Å². The lowest BCUT2D eigenvalue weighted by Crippen LogP contribution is -2.61. The number of carbonyl (C=O) groups is 5. The van der Waals surface area contributed by atoms with Crippen LogP contribution in [0.5, 0.6) is 0 Å². The Bertz CT molecular complexity index is 1010. The highest BCUT2D eigenvalue weighted by molar-refractivity contribution is 6.37. The molecule has 0 aromatic carbocycles. The lowest BCUT2D eigenvalue weighted by atomic mass is 9.85. The van der Waals surface area contributed by atoms with E-state index in [-0.39, 0.29) is 41.1 Å². The molecule has 0 spiro atoms. The summed E-state index contributed by atoms with van der Waals surface area (Å²) in [6.07, 6.45) is 7.55. The van der Waals surface area contributed by atoms with Crippen molar-refractivity contribution >= 4 is 29.5 Å². The number of amides is 5. The van der Waals surface area contributed by atoms with Gasteiger partial charge in [0, 0.05) is 19.6 Å². The summed E-state index contributed by atoms with van der Waals surface area (Å²) >= 11 is 0. The zero-order valence-electron chi connectivity index (χ0n) is 24.4. The molecule has 10 nitrogen and oxygen atoms in total. The second kappa shape index (κ2) is 10.7. The Morgan fingerprint density at radius 3 is 2.15 bits per heavy atom. The number of fused-ring (bicyclic) bond motifs is 1. The highest BCUT2D eigenvalue weighted by Gasteiger charge is 2.70. The average molecular weight is 546 g/mol. The molecule has 4 aliphatic rings. The van der Waals surface area contributed by atoms with Gasteiger partial charge in [0.1, 0.15) is 12.1 Å². The summed E-state index contributed by atoms with van der Waals surface area (Å²) in [5.41, 5.74) is 4.56. The number of nitrogens with one attached hydrogen (secondary N) is 2. The fourth-order valence-electron chi connectivity index (χ4n) is 6.83. The third-order valence-corrected chi connectivity index (χ3v) is 9.73. The van der Waals surface area contributed by atoms with E-state index in [1.54, 1.807) is 16.8 Å². The van der Waals surface area contributed by atoms with E-state index in [1.165, 1.54) is 6.42 Å². The quantitative estimate of drug-likeness (QED) is 0.381. The molecular formula is C29H47N5O5. The van der Waals surface area contributed by atoms with Gasteiger partial charge >= 0.3 is 6.03 Å². The number of nitrogens with zero attached hydrogens (tertiary/aromatic N) is 2. The summed E-state index contributed by atoms with van der Waals surface area (Å²) in [6, 6.07) is -2.72. The maximum atomic E-state index is 14.1. The van der Waals surface area contributed by atoms with Crippen LogP contribution in [0.2, 0.25) is 0 Å². The van der Waals surface area contributed by atoms with Gasteiger partial charge in [0.15, 0.2) is 0 Å². The molecule has 218 valence electrons. The van der Waals surface area contributed by atoms with E-state index in [2.05, 4.69) is 24.5 Å². The van der Waals surface area contributed by atoms with Crippen LogP contribution in [0.25, 0.3) is 0 Å². The lowest BCUT2D eigenvalue weighted by Gasteiger charge is -2.39. The van der Waals surface area contributed by atoms with E-state index < -0.39 is 41.1 Å². The van der Waals surface area contributed by atoms with Gasteiger partial charge in [-0.25, -0.2) is 4.79 Å². The smallest absolute Gasteiger partial charge is 0.318 e. The first-order valence-electron chi connectivity index (χ1n) is 14.6. The molecule has 3 unspecified atom stereocenters. The monoisotopic (exact) mass is 545 g/mol. The van der Waals surface area contributed by atoms with E-state index >= 15 is 0 Å². The van der Waals surface area contributed by atoms with Gasteiger partial charge in [0.2, 0.25) is 17.6 Å². The minimum Gasteiger partial charge on any atom is -0.363 e. The predicted octanol–water partition coefficient (Wildman–Crippen LogP) is 2.20. The zero-order valence-corrected chi connectivity index (χ0v) is 24.4. The lowest BCUT2D eigenvalue weighted by molar-refractivity contribution is -0.145. The molecule has 1 aliphatic heterocycles. The molecule has 0 radical (unpaired) electrons. The number of rotatable bonds is 9. The molecule has 5 amide bonds. The van der Waals surface area contributed by atoms with E-state index in [4.69, 9.17) is 5.73 Å². The van der Waals surface area contributed by atoms with Crippen molar-refractivity contribution in [2.24, 2.45) is 34.3 Å². The van der Waals surface area contributed by atoms with Gasteiger partial charge in [-0.05, 0) is 47.8 Å². The maximum absolute atomic E-state index is 14.1. The molecule has 10 heteroatoms. The Kier molecular flexibility index (Phi) is 8.07. The van der Waals surface area contributed by atoms with E-state index in [0.717, 1.165) is 38.5 Å². The van der Waals surface area contributed by atoms with Crippen molar-refractivity contribution in [3.63, 3.8) is 0 Å². The molecule has 39 heavy (non-hydrogen) atoms. The molecule has 4 N–H and O–H groups in total. The number of ketones is 1. The van der Waals surface area contributed by atoms with Crippen LogP contribution in [0.1, 0.15) is 86.0 Å². The second-order valence-electron chi connectivity index (χ2n) is 14.0. The van der Waals surface area contributed by atoms with Gasteiger partial charge in [0.05, 0.1) is 6.04 Å². The van der Waals surface area contributed by atoms with Crippen LogP contribution < -0.4 is 16.4 Å². The third kappa shape index (κ3) is 6.09. The van der Waals surface area contributed by atoms with Crippen LogP contribution in [0.4, 0.5) is 4.79 Å². The number of carbonyl (C=O) groups excluding carboxylic acids is 5. The number of Topliss-reactive ketones (excluding diaryl/α,β-unsaturated/α-hetero) is 1. The van der Waals surface area contributed by atoms with Crippen molar-refractivity contribution in [1.29, 1.82) is 0 Å². The molecule has 3 aliphatic carbocycles. The molecule has 0 bridgehead atoms. The molecule has 4 fully saturated rings. The SMILES string of the molecule is CN(C(=O)NC(C(=O)N1C[C@H]2C([C@H]1C(=O)NC(CC1CC1)C(=O)C(N)=O)C2(C)C)C(C)(C)C)C1CCCCC1. The van der Waals surface area contributed by atoms with Gasteiger partial charge < -0.3 is 26.2 Å². The maximum Gasteiger partial charge on any atom is 0.318 e. The number of piperidine rings is 1. The Hall–Kier alpha value is -2.65. The summed E-state index contributed by atoms with van der Waals surface area (Å²) < 4.78 is 0. The first kappa shape index (κ1) is 29.3. The number of primary amides is 1. The van der Waals surface area contributed by atoms with Crippen molar-refractivity contribution in [3.8, 4) is 0 Å². The van der Waals surface area contributed by atoms with Gasteiger partial charge in [0.25, 0.3) is 5.91 Å². The van der Waals surface area contributed by atoms with Gasteiger partial charge in [-0.3, -0.25) is 19.2 Å². The van der Waals surface area contributed by atoms with Crippen LogP contribution in [-0.4, -0.2) is 77.1 Å². The average Bonchev–Trinajstić information content (AvgIpc) is 3.72. The van der Waals surface area contributed by atoms with Crippen LogP contribution >= 0.6 is 0 Å². The van der Waals surface area contributed by atoms with E-state index in [0.29, 0.717) is 13.0 Å². The Morgan fingerprint density at radius 2 is 1.62 bits per heavy atom. The topological polar surface area (TPSA) is 142 Å². The Labute approximate surface area is 232 Å². The normalized spacial score (nSPS) is 27.6. The molecule has 0 aromatic rings. The molecule has 4 rings (SSSR count). The van der Waals surface area contributed by atoms with Gasteiger partial charge in [-0.15, -0.1) is 0 Å². The number of likely N-dealkylation sites (tertiary alicyclic amines) is 1. The first-order chi connectivity index (χ1) is 18.1. The highest BCUT2D eigenvalue weighted by Crippen LogP contribution is 2.65. The summed E-state index contributed by atoms with van der Waals surface area (Å²) in [5, 5.41) is 5.79. The molecular weight excluding hydrogens is 498 g/mol. The second-order valence-corrected chi connectivity index (χ2v) is 14.0. The summed E-state index contributed by atoms with van der Waals surface area (Å²) in [5.74, 6) is -2.23. The fraction of sp³-hybridized carbons (Fsp3) is 0.828. The Morgan fingerprint density at radius 1 is 1.00 bits per heavy atom. The molecule has 1 saturated heterocycles. The van der Waals surface area contributed by atoms with Gasteiger partial charge in [-0.2, -0.15) is 0 Å². The standard InChI is InChI=1S/C29H47N5O5/c1-28(2,3)23(32-27(39)33(6)17-10-8-7-9-11-17)26(38)34-15-18-20(29(18,4)5)21(34)25(37)31-19(14-16-12-13-16)22(35)24(30)36/h16-21,23H,7-15H2,1-6H3,(H2,30,36)(H,31,37)(H,32,39)/t18-,19?,20?,21-,23?/m0/s1. The molecule has 5 atom stereocenters. The van der Waals surface area contributed by atoms with Crippen LogP contribution in [0.15, 0.2) is 0 Å².